The molecule has 0 bridgehead atoms. The van der Waals surface area contributed by atoms with Crippen LogP contribution in [0.25, 0.3) is 0 Å². The Morgan fingerprint density at radius 3 is 2.91 bits per heavy atom. The summed E-state index contributed by atoms with van der Waals surface area (Å²) < 4.78 is 5.35. The van der Waals surface area contributed by atoms with Crippen molar-refractivity contribution in [3.8, 4) is 0 Å². The van der Waals surface area contributed by atoms with Crippen molar-refractivity contribution in [1.82, 2.24) is 0 Å². The van der Waals surface area contributed by atoms with Gasteiger partial charge in [0.05, 0.1) is 13.0 Å². The van der Waals surface area contributed by atoms with E-state index in [1.807, 2.05) is 13.0 Å². The maximum absolute atomic E-state index is 12.0. The van der Waals surface area contributed by atoms with Crippen LogP contribution in [0.3, 0.4) is 0 Å². The van der Waals surface area contributed by atoms with E-state index in [4.69, 9.17) is 4.74 Å². The number of benzene rings is 1. The van der Waals surface area contributed by atoms with E-state index in [2.05, 4.69) is 23.4 Å². The van der Waals surface area contributed by atoms with Gasteiger partial charge in [-0.25, -0.2) is 4.79 Å². The van der Waals surface area contributed by atoms with E-state index < -0.39 is 0 Å². The number of cyclic esters (lactones) is 1. The van der Waals surface area contributed by atoms with E-state index in [-0.39, 0.29) is 30.5 Å². The predicted octanol–water partition coefficient (Wildman–Crippen LogP) is -2.39. The van der Waals surface area contributed by atoms with Gasteiger partial charge in [0.25, 0.3) is 0 Å². The summed E-state index contributed by atoms with van der Waals surface area (Å²) in [6.07, 6.45) is 1.32. The van der Waals surface area contributed by atoms with Crippen LogP contribution >= 0.6 is 0 Å². The first-order chi connectivity index (χ1) is 10.2. The van der Waals surface area contributed by atoms with Crippen LogP contribution in [-0.4, -0.2) is 29.5 Å². The summed E-state index contributed by atoms with van der Waals surface area (Å²) in [5, 5.41) is 12.7. The number of halogens is 1. The van der Waals surface area contributed by atoms with E-state index in [9.17, 15) is 10.0 Å². The molecule has 0 fully saturated rings. The van der Waals surface area contributed by atoms with Crippen LogP contribution in [0.1, 0.15) is 30.5 Å². The van der Waals surface area contributed by atoms with Crippen LogP contribution < -0.4 is 17.3 Å². The Hall–Kier alpha value is -1.85. The number of carbonyl (C=O) groups excluding carboxylic acids is 1. The quantitative estimate of drug-likeness (QED) is 0.318. The molecular weight excluding hydrogens is 304 g/mol. The fourth-order valence-electron chi connectivity index (χ4n) is 3.96. The Bertz CT molecular complexity index is 698. The summed E-state index contributed by atoms with van der Waals surface area (Å²) in [4.78, 5) is 13.3. The smallest absolute Gasteiger partial charge is 0.346 e. The number of ether oxygens (including phenoxy) is 1. The first-order valence-electron chi connectivity index (χ1n) is 7.31. The van der Waals surface area contributed by atoms with E-state index >= 15 is 0 Å². The minimum Gasteiger partial charge on any atom is -1.00 e. The van der Waals surface area contributed by atoms with Gasteiger partial charge in [-0.2, -0.15) is 0 Å². The van der Waals surface area contributed by atoms with Crippen LogP contribution in [0.4, 0.5) is 0 Å². The fourth-order valence-corrected chi connectivity index (χ4v) is 3.96. The summed E-state index contributed by atoms with van der Waals surface area (Å²) in [5.41, 5.74) is 4.56. The lowest BCUT2D eigenvalue weighted by Gasteiger charge is -2.37. The second-order valence-electron chi connectivity index (χ2n) is 5.86. The van der Waals surface area contributed by atoms with Crippen LogP contribution in [-0.2, 0) is 16.0 Å². The minimum atomic E-state index is -0.352. The Labute approximate surface area is 134 Å². The molecule has 5 nitrogen and oxygen atoms in total. The second-order valence-corrected chi connectivity index (χ2v) is 5.86. The van der Waals surface area contributed by atoms with Crippen molar-refractivity contribution in [2.24, 2.45) is 5.16 Å². The lowest BCUT2D eigenvalue weighted by atomic mass is 9.84. The molecule has 1 aromatic carbocycles. The SMILES string of the molecule is CC1OC(=O)C2=C1[NH+]1CCc3ccccc3C1C/C2=N\O.[Cl-]. The van der Waals surface area contributed by atoms with Crippen molar-refractivity contribution in [2.45, 2.75) is 31.9 Å². The van der Waals surface area contributed by atoms with E-state index in [1.165, 1.54) is 16.0 Å². The molecule has 22 heavy (non-hydrogen) atoms. The Kier molecular flexibility index (Phi) is 3.70. The molecule has 6 heteroatoms. The summed E-state index contributed by atoms with van der Waals surface area (Å²) in [6, 6.07) is 8.61. The molecular formula is C16H17ClN2O3. The Morgan fingerprint density at radius 2 is 2.14 bits per heavy atom. The lowest BCUT2D eigenvalue weighted by Crippen LogP contribution is -3.13. The van der Waals surface area contributed by atoms with Crippen molar-refractivity contribution in [2.75, 3.05) is 6.54 Å². The molecule has 3 atom stereocenters. The highest BCUT2D eigenvalue weighted by Gasteiger charge is 2.50. The Balaban J connectivity index is 0.00000144. The average Bonchev–Trinajstić information content (AvgIpc) is 2.81. The van der Waals surface area contributed by atoms with Gasteiger partial charge < -0.3 is 22.4 Å². The first-order valence-corrected chi connectivity index (χ1v) is 7.31. The normalized spacial score (nSPS) is 31.0. The molecule has 3 heterocycles. The van der Waals surface area contributed by atoms with E-state index in [0.29, 0.717) is 17.7 Å². The Morgan fingerprint density at radius 1 is 1.36 bits per heavy atom. The number of nitrogens with zero attached hydrogens (tertiary/aromatic N) is 1. The molecule has 3 aliphatic heterocycles. The first kappa shape index (κ1) is 15.1. The second kappa shape index (κ2) is 5.41. The average molecular weight is 321 g/mol. The third-order valence-electron chi connectivity index (χ3n) is 4.83. The highest BCUT2D eigenvalue weighted by atomic mass is 35.5. The molecule has 1 aromatic rings. The van der Waals surface area contributed by atoms with Gasteiger partial charge in [-0.05, 0) is 12.5 Å². The number of esters is 1. The zero-order valence-electron chi connectivity index (χ0n) is 12.2. The van der Waals surface area contributed by atoms with Gasteiger partial charge in [0.1, 0.15) is 17.3 Å². The van der Waals surface area contributed by atoms with Crippen molar-refractivity contribution in [3.63, 3.8) is 0 Å². The van der Waals surface area contributed by atoms with Crippen LogP contribution in [0.5, 0.6) is 0 Å². The standard InChI is InChI=1S/C16H16N2O3.ClH/c1-9-15-14(16(19)21-9)12(17-20)8-13-11-5-3-2-4-10(11)6-7-18(13)15;/h2-5,9,13,20H,6-8H2,1H3;1H/b17-12+;. The summed E-state index contributed by atoms with van der Waals surface area (Å²) in [5.74, 6) is -0.352. The molecule has 0 radical (unpaired) electrons. The number of fused-ring (bicyclic) bond motifs is 4. The summed E-state index contributed by atoms with van der Waals surface area (Å²) >= 11 is 0. The highest BCUT2D eigenvalue weighted by Crippen LogP contribution is 2.32. The molecule has 0 aliphatic carbocycles. The van der Waals surface area contributed by atoms with Gasteiger partial charge in [0, 0.05) is 12.0 Å². The van der Waals surface area contributed by atoms with E-state index in [0.717, 1.165) is 18.7 Å². The molecule has 0 spiro atoms. The van der Waals surface area contributed by atoms with Gasteiger partial charge in [-0.3, -0.25) is 4.90 Å². The zero-order chi connectivity index (χ0) is 14.6. The van der Waals surface area contributed by atoms with Crippen LogP contribution in [0.15, 0.2) is 40.7 Å². The predicted molar refractivity (Wildman–Crippen MR) is 75.1 cm³/mol. The van der Waals surface area contributed by atoms with Gasteiger partial charge in [0.15, 0.2) is 11.8 Å². The number of carbonyl (C=O) groups is 1. The fraction of sp³-hybridized carbons (Fsp3) is 0.375. The molecule has 116 valence electrons. The third kappa shape index (κ3) is 1.96. The number of nitrogens with one attached hydrogen (secondary N) is 1. The minimum absolute atomic E-state index is 0. The van der Waals surface area contributed by atoms with Crippen LogP contribution in [0.2, 0.25) is 0 Å². The number of hydrogen-bond acceptors (Lipinski definition) is 4. The lowest BCUT2D eigenvalue weighted by molar-refractivity contribution is -0.899. The molecule has 0 aromatic heterocycles. The van der Waals surface area contributed by atoms with Crippen molar-refractivity contribution in [1.29, 1.82) is 0 Å². The number of quaternary nitrogens is 1. The molecule has 0 amide bonds. The topological polar surface area (TPSA) is 63.3 Å². The van der Waals surface area contributed by atoms with Crippen LogP contribution in [0, 0.1) is 0 Å². The largest absolute Gasteiger partial charge is 1.00 e. The summed E-state index contributed by atoms with van der Waals surface area (Å²) in [6.45, 7) is 2.84. The third-order valence-corrected chi connectivity index (χ3v) is 4.83. The maximum Gasteiger partial charge on any atom is 0.346 e. The monoisotopic (exact) mass is 320 g/mol. The van der Waals surface area contributed by atoms with E-state index in [1.54, 1.807) is 0 Å². The van der Waals surface area contributed by atoms with Crippen molar-refractivity contribution >= 4 is 11.7 Å². The summed E-state index contributed by atoms with van der Waals surface area (Å²) in [7, 11) is 0. The molecule has 3 aliphatic rings. The van der Waals surface area contributed by atoms with Gasteiger partial charge in [0.2, 0.25) is 0 Å². The molecule has 0 saturated heterocycles. The molecule has 2 N–H and O–H groups in total. The highest BCUT2D eigenvalue weighted by molar-refractivity contribution is 6.21. The zero-order valence-corrected chi connectivity index (χ0v) is 12.9. The molecule has 4 rings (SSSR count). The molecule has 0 saturated carbocycles. The van der Waals surface area contributed by atoms with Crippen molar-refractivity contribution in [3.05, 3.63) is 46.7 Å². The van der Waals surface area contributed by atoms with Crippen molar-refractivity contribution < 1.29 is 32.0 Å². The number of rotatable bonds is 0. The number of hydrogen-bond donors (Lipinski definition) is 2. The van der Waals surface area contributed by atoms with Gasteiger partial charge in [-0.15, -0.1) is 0 Å². The number of oxime groups is 1. The van der Waals surface area contributed by atoms with Gasteiger partial charge >= 0.3 is 5.97 Å². The molecule has 3 unspecified atom stereocenters. The van der Waals surface area contributed by atoms with Gasteiger partial charge in [-0.1, -0.05) is 29.4 Å². The maximum atomic E-state index is 12.0.